The minimum absolute atomic E-state index is 0.0358. The normalized spacial score (nSPS) is 18.4. The Bertz CT molecular complexity index is 1870. The van der Waals surface area contributed by atoms with Gasteiger partial charge in [-0.1, -0.05) is 54.2 Å². The van der Waals surface area contributed by atoms with Crippen LogP contribution in [0.3, 0.4) is 0 Å². The van der Waals surface area contributed by atoms with Gasteiger partial charge in [-0.3, -0.25) is 9.59 Å². The van der Waals surface area contributed by atoms with Crippen molar-refractivity contribution in [2.24, 2.45) is 17.1 Å². The second kappa shape index (κ2) is 14.5. The number of nitrogens with two attached hydrogens (primary N) is 1. The third-order valence-electron chi connectivity index (χ3n) is 10.7. The number of thiazole rings is 1. The lowest BCUT2D eigenvalue weighted by Gasteiger charge is -2.51. The molecule has 2 aliphatic heterocycles. The van der Waals surface area contributed by atoms with Gasteiger partial charge in [-0.2, -0.15) is 0 Å². The van der Waals surface area contributed by atoms with E-state index in [9.17, 15) is 9.59 Å². The largest absolute Gasteiger partial charge is 0.389 e. The highest BCUT2D eigenvalue weighted by Crippen LogP contribution is 2.52. The molecule has 0 atom stereocenters. The Morgan fingerprint density at radius 1 is 1.14 bits per heavy atom. The Kier molecular flexibility index (Phi) is 10.1. The Hall–Kier alpha value is -3.35. The zero-order chi connectivity index (χ0) is 34.1. The molecule has 4 aromatic rings. The van der Waals surface area contributed by atoms with Gasteiger partial charge in [0.1, 0.15) is 4.99 Å². The minimum Gasteiger partial charge on any atom is -0.389 e. The number of piperidine rings is 1. The number of ether oxygens (including phenoxy) is 1. The van der Waals surface area contributed by atoms with E-state index in [1.165, 1.54) is 11.3 Å². The number of hydrogen-bond acceptors (Lipinski definition) is 7. The molecular weight excluding hydrogens is 676 g/mol. The Morgan fingerprint density at radius 3 is 2.63 bits per heavy atom. The van der Waals surface area contributed by atoms with Crippen molar-refractivity contribution >= 4 is 62.9 Å². The van der Waals surface area contributed by atoms with E-state index in [0.29, 0.717) is 28.1 Å². The third kappa shape index (κ3) is 7.28. The van der Waals surface area contributed by atoms with E-state index in [-0.39, 0.29) is 29.2 Å². The summed E-state index contributed by atoms with van der Waals surface area (Å²) in [6.07, 6.45) is 8.07. The number of nitrogens with one attached hydrogen (secondary N) is 2. The van der Waals surface area contributed by atoms with Crippen molar-refractivity contribution in [3.8, 4) is 11.1 Å². The highest BCUT2D eigenvalue weighted by molar-refractivity contribution is 7.80. The van der Waals surface area contributed by atoms with Crippen LogP contribution < -0.4 is 16.4 Å². The predicted octanol–water partition coefficient (Wildman–Crippen LogP) is 6.25. The lowest BCUT2D eigenvalue weighted by molar-refractivity contribution is -0.135. The maximum atomic E-state index is 13.3. The third-order valence-corrected chi connectivity index (χ3v) is 12.3. The topological polar surface area (TPSA) is 115 Å². The fourth-order valence-corrected chi connectivity index (χ4v) is 8.99. The molecule has 0 unspecified atom stereocenters. The Labute approximate surface area is 301 Å². The van der Waals surface area contributed by atoms with Gasteiger partial charge in [-0.15, -0.1) is 11.3 Å². The molecule has 2 aromatic heterocycles. The standard InChI is InChI=1S/C37H43ClN6O3S2/c1-23-22-49-36(42-23)35(46)40-11-14-43-12-9-37(10-13-43)18-27(19-37)34(45)41-20-26-5-6-29-30(24-3-2-4-25(17-24)33(39)48)21-44(32(29)31(26)38)28-7-15-47-16-8-28/h2-6,17,21-22,27-28H,7-16,18-20H2,1H3,(H2,39,48)(H,40,46)(H,41,45). The van der Waals surface area contributed by atoms with Crippen LogP contribution in [0, 0.1) is 18.3 Å². The average molecular weight is 719 g/mol. The summed E-state index contributed by atoms with van der Waals surface area (Å²) in [6.45, 7) is 7.15. The van der Waals surface area contributed by atoms with Crippen molar-refractivity contribution in [2.75, 3.05) is 39.4 Å². The monoisotopic (exact) mass is 718 g/mol. The van der Waals surface area contributed by atoms with Crippen LogP contribution in [0.25, 0.3) is 22.0 Å². The van der Waals surface area contributed by atoms with E-state index in [4.69, 9.17) is 34.3 Å². The molecule has 49 heavy (non-hydrogen) atoms. The molecule has 0 bridgehead atoms. The van der Waals surface area contributed by atoms with Gasteiger partial charge in [0.25, 0.3) is 5.91 Å². The summed E-state index contributed by atoms with van der Waals surface area (Å²) in [4.78, 5) is 32.7. The lowest BCUT2D eigenvalue weighted by Crippen LogP contribution is -2.51. The van der Waals surface area contributed by atoms with E-state index in [1.54, 1.807) is 0 Å². The first kappa shape index (κ1) is 34.1. The van der Waals surface area contributed by atoms with Gasteiger partial charge in [0.05, 0.1) is 10.5 Å². The highest BCUT2D eigenvalue weighted by Gasteiger charge is 2.48. The molecule has 2 saturated heterocycles. The number of likely N-dealkylation sites (tertiary alicyclic amines) is 1. The molecule has 2 aromatic carbocycles. The van der Waals surface area contributed by atoms with Gasteiger partial charge in [-0.05, 0) is 81.1 Å². The summed E-state index contributed by atoms with van der Waals surface area (Å²) in [5.74, 6) is 0.0472. The smallest absolute Gasteiger partial charge is 0.280 e. The van der Waals surface area contributed by atoms with Crippen molar-refractivity contribution in [1.82, 2.24) is 25.1 Å². The average Bonchev–Trinajstić information content (AvgIpc) is 3.72. The number of aryl methyl sites for hydroxylation is 1. The molecule has 3 aliphatic rings. The molecule has 2 amide bonds. The van der Waals surface area contributed by atoms with Crippen LogP contribution in [0.1, 0.15) is 71.2 Å². The van der Waals surface area contributed by atoms with Crippen LogP contribution in [-0.4, -0.2) is 70.6 Å². The first-order valence-corrected chi connectivity index (χ1v) is 18.9. The number of benzene rings is 2. The number of hydrogen-bond donors (Lipinski definition) is 3. The number of carbonyl (C=O) groups excluding carboxylic acids is 2. The fourth-order valence-electron chi connectivity index (χ4n) is 7.83. The van der Waals surface area contributed by atoms with Crippen LogP contribution in [0.2, 0.25) is 5.02 Å². The van der Waals surface area contributed by atoms with Crippen molar-refractivity contribution < 1.29 is 14.3 Å². The van der Waals surface area contributed by atoms with E-state index in [2.05, 4.69) is 43.4 Å². The number of thiocarbonyl (C=S) groups is 1. The SMILES string of the molecule is Cc1csc(C(=O)NCCN2CCC3(CC2)CC(C(=O)NCc2ccc4c(-c5cccc(C(N)=S)c5)cn(C5CCOCC5)c4c2Cl)C3)n1. The van der Waals surface area contributed by atoms with E-state index in [0.717, 1.165) is 110 Å². The molecule has 0 radical (unpaired) electrons. The number of aromatic nitrogens is 2. The summed E-state index contributed by atoms with van der Waals surface area (Å²) in [5, 5.41) is 10.4. The second-order valence-electron chi connectivity index (χ2n) is 13.9. The van der Waals surface area contributed by atoms with E-state index >= 15 is 0 Å². The Morgan fingerprint density at radius 2 is 1.92 bits per heavy atom. The van der Waals surface area contributed by atoms with Crippen molar-refractivity contribution in [2.45, 2.75) is 58.0 Å². The van der Waals surface area contributed by atoms with Crippen LogP contribution in [-0.2, 0) is 16.1 Å². The molecule has 4 heterocycles. The van der Waals surface area contributed by atoms with Crippen molar-refractivity contribution in [3.05, 3.63) is 74.8 Å². The van der Waals surface area contributed by atoms with Gasteiger partial charge in [0, 0.05) is 78.6 Å². The zero-order valence-corrected chi connectivity index (χ0v) is 30.2. The molecule has 7 rings (SSSR count). The molecule has 3 fully saturated rings. The molecule has 12 heteroatoms. The first-order valence-electron chi connectivity index (χ1n) is 17.2. The predicted molar refractivity (Wildman–Crippen MR) is 199 cm³/mol. The zero-order valence-electron chi connectivity index (χ0n) is 27.8. The molecule has 258 valence electrons. The van der Waals surface area contributed by atoms with E-state index < -0.39 is 0 Å². The first-order chi connectivity index (χ1) is 23.7. The van der Waals surface area contributed by atoms with E-state index in [1.807, 2.05) is 36.6 Å². The fraction of sp³-hybridized carbons (Fsp3) is 0.459. The number of carbonyl (C=O) groups is 2. The number of nitrogens with zero attached hydrogens (tertiary/aromatic N) is 3. The number of halogens is 1. The Balaban J connectivity index is 0.959. The molecule has 1 spiro atoms. The van der Waals surface area contributed by atoms with Crippen LogP contribution in [0.4, 0.5) is 0 Å². The summed E-state index contributed by atoms with van der Waals surface area (Å²) in [7, 11) is 0. The van der Waals surface area contributed by atoms with Crippen LogP contribution in [0.5, 0.6) is 0 Å². The molecular formula is C37H43ClN6O3S2. The number of amides is 2. The summed E-state index contributed by atoms with van der Waals surface area (Å²) >= 11 is 13.8. The molecule has 9 nitrogen and oxygen atoms in total. The minimum atomic E-state index is -0.0992. The van der Waals surface area contributed by atoms with Crippen molar-refractivity contribution in [1.29, 1.82) is 0 Å². The quantitative estimate of drug-likeness (QED) is 0.166. The van der Waals surface area contributed by atoms with Gasteiger partial charge < -0.3 is 30.6 Å². The van der Waals surface area contributed by atoms with Crippen molar-refractivity contribution in [3.63, 3.8) is 0 Å². The molecule has 1 saturated carbocycles. The number of rotatable bonds is 10. The van der Waals surface area contributed by atoms with Gasteiger partial charge in [-0.25, -0.2) is 4.98 Å². The maximum Gasteiger partial charge on any atom is 0.280 e. The van der Waals surface area contributed by atoms with Gasteiger partial charge in [0.2, 0.25) is 5.91 Å². The lowest BCUT2D eigenvalue weighted by atomic mass is 9.57. The molecule has 4 N–H and O–H groups in total. The molecule has 1 aliphatic carbocycles. The van der Waals surface area contributed by atoms with Crippen LogP contribution >= 0.6 is 35.2 Å². The summed E-state index contributed by atoms with van der Waals surface area (Å²) in [5.41, 5.74) is 11.9. The maximum absolute atomic E-state index is 13.3. The van der Waals surface area contributed by atoms with Crippen LogP contribution in [0.15, 0.2) is 48.0 Å². The number of fused-ring (bicyclic) bond motifs is 1. The van der Waals surface area contributed by atoms with Gasteiger partial charge >= 0.3 is 0 Å². The highest BCUT2D eigenvalue weighted by atomic mass is 35.5. The van der Waals surface area contributed by atoms with Gasteiger partial charge in [0.15, 0.2) is 5.01 Å². The summed E-state index contributed by atoms with van der Waals surface area (Å²) < 4.78 is 7.98. The summed E-state index contributed by atoms with van der Waals surface area (Å²) in [6, 6.07) is 12.5. The second-order valence-corrected chi connectivity index (χ2v) is 15.6.